The van der Waals surface area contributed by atoms with Crippen molar-refractivity contribution in [3.63, 3.8) is 0 Å². The summed E-state index contributed by atoms with van der Waals surface area (Å²) in [5.41, 5.74) is 0. The average molecular weight is 286 g/mol. The van der Waals surface area contributed by atoms with Gasteiger partial charge < -0.3 is 15.2 Å². The first-order valence-electron chi connectivity index (χ1n) is 6.27. The first kappa shape index (κ1) is 15.8. The van der Waals surface area contributed by atoms with Crippen molar-refractivity contribution in [3.05, 3.63) is 29.3 Å². The number of ether oxygens (including phenoxy) is 1. The topological polar surface area (TPSA) is 58.6 Å². The van der Waals surface area contributed by atoms with Gasteiger partial charge in [0.15, 0.2) is 6.10 Å². The number of benzene rings is 1. The largest absolute Gasteiger partial charge is 0.480 e. The fraction of sp³-hybridized carbons (Fsp3) is 0.500. The summed E-state index contributed by atoms with van der Waals surface area (Å²) in [7, 11) is 0. The molecule has 0 aromatic heterocycles. The summed E-state index contributed by atoms with van der Waals surface area (Å²) < 4.78 is 5.69. The van der Waals surface area contributed by atoms with Crippen LogP contribution in [0.1, 0.15) is 20.8 Å². The molecule has 0 saturated heterocycles. The van der Waals surface area contributed by atoms with Gasteiger partial charge in [-0.25, -0.2) is 0 Å². The zero-order chi connectivity index (χ0) is 14.4. The maximum Gasteiger partial charge on any atom is 0.261 e. The second kappa shape index (κ2) is 7.36. The summed E-state index contributed by atoms with van der Waals surface area (Å²) in [6, 6.07) is 6.64. The molecule has 0 bridgehead atoms. The number of aliphatic hydroxyl groups is 1. The number of aliphatic hydroxyl groups excluding tert-OH is 1. The van der Waals surface area contributed by atoms with Crippen molar-refractivity contribution in [2.75, 3.05) is 6.61 Å². The van der Waals surface area contributed by atoms with E-state index in [1.165, 1.54) is 0 Å². The molecular weight excluding hydrogens is 266 g/mol. The van der Waals surface area contributed by atoms with Gasteiger partial charge in [-0.1, -0.05) is 31.5 Å². The highest BCUT2D eigenvalue weighted by Crippen LogP contribution is 2.20. The zero-order valence-corrected chi connectivity index (χ0v) is 12.1. The molecule has 1 aromatic carbocycles. The summed E-state index contributed by atoms with van der Waals surface area (Å²) in [6.45, 7) is 5.43. The van der Waals surface area contributed by atoms with Crippen LogP contribution < -0.4 is 10.1 Å². The van der Waals surface area contributed by atoms with Crippen molar-refractivity contribution in [1.29, 1.82) is 0 Å². The standard InChI is InChI=1S/C14H20ClNO3/c1-9(2)13(14(18)16-10(3)8-17)19-12-6-4-5-11(15)7-12/h4-7,9-10,13,17H,8H2,1-3H3,(H,16,18)/t10-,13-/m1/s1. The Kier molecular flexibility index (Phi) is 6.12. The number of rotatable bonds is 6. The van der Waals surface area contributed by atoms with Gasteiger partial charge in [0.2, 0.25) is 0 Å². The highest BCUT2D eigenvalue weighted by Gasteiger charge is 2.25. The predicted octanol–water partition coefficient (Wildman–Crippen LogP) is 2.24. The lowest BCUT2D eigenvalue weighted by Crippen LogP contribution is -2.46. The molecule has 2 N–H and O–H groups in total. The van der Waals surface area contributed by atoms with Gasteiger partial charge in [0, 0.05) is 11.1 Å². The van der Waals surface area contributed by atoms with E-state index in [1.54, 1.807) is 31.2 Å². The Morgan fingerprint density at radius 3 is 2.63 bits per heavy atom. The smallest absolute Gasteiger partial charge is 0.261 e. The molecule has 0 unspecified atom stereocenters. The second-order valence-corrected chi connectivity index (χ2v) is 5.27. The Hall–Kier alpha value is -1.26. The van der Waals surface area contributed by atoms with Gasteiger partial charge in [0.25, 0.3) is 5.91 Å². The molecule has 5 heteroatoms. The van der Waals surface area contributed by atoms with E-state index >= 15 is 0 Å². The van der Waals surface area contributed by atoms with E-state index in [2.05, 4.69) is 5.32 Å². The van der Waals surface area contributed by atoms with Crippen LogP contribution in [-0.2, 0) is 4.79 Å². The number of carbonyl (C=O) groups is 1. The Morgan fingerprint density at radius 1 is 1.42 bits per heavy atom. The van der Waals surface area contributed by atoms with Crippen LogP contribution in [0.25, 0.3) is 0 Å². The third-order valence-corrected chi connectivity index (χ3v) is 2.82. The molecule has 0 heterocycles. The van der Waals surface area contributed by atoms with Crippen LogP contribution >= 0.6 is 11.6 Å². The Balaban J connectivity index is 2.75. The summed E-state index contributed by atoms with van der Waals surface area (Å²) >= 11 is 5.88. The molecule has 106 valence electrons. The Labute approximate surface area is 118 Å². The minimum Gasteiger partial charge on any atom is -0.480 e. The predicted molar refractivity (Wildman–Crippen MR) is 75.4 cm³/mol. The first-order valence-corrected chi connectivity index (χ1v) is 6.65. The molecule has 1 aromatic rings. The van der Waals surface area contributed by atoms with E-state index in [0.29, 0.717) is 10.8 Å². The monoisotopic (exact) mass is 285 g/mol. The molecule has 0 radical (unpaired) electrons. The van der Waals surface area contributed by atoms with Crippen LogP contribution in [0.4, 0.5) is 0 Å². The number of hydrogen-bond donors (Lipinski definition) is 2. The summed E-state index contributed by atoms with van der Waals surface area (Å²) in [5, 5.41) is 12.2. The Morgan fingerprint density at radius 2 is 2.11 bits per heavy atom. The highest BCUT2D eigenvalue weighted by molar-refractivity contribution is 6.30. The third-order valence-electron chi connectivity index (χ3n) is 2.59. The minimum absolute atomic E-state index is 0.00451. The van der Waals surface area contributed by atoms with Crippen molar-refractivity contribution < 1.29 is 14.6 Å². The van der Waals surface area contributed by atoms with Gasteiger partial charge >= 0.3 is 0 Å². The zero-order valence-electron chi connectivity index (χ0n) is 11.4. The van der Waals surface area contributed by atoms with E-state index in [1.807, 2.05) is 13.8 Å². The molecule has 1 amide bonds. The molecular formula is C14H20ClNO3. The fourth-order valence-corrected chi connectivity index (χ4v) is 1.73. The molecule has 0 aliphatic heterocycles. The van der Waals surface area contributed by atoms with E-state index in [4.69, 9.17) is 21.4 Å². The summed E-state index contributed by atoms with van der Waals surface area (Å²) in [4.78, 5) is 12.1. The number of amides is 1. The van der Waals surface area contributed by atoms with Crippen LogP contribution in [0.2, 0.25) is 5.02 Å². The van der Waals surface area contributed by atoms with Crippen molar-refractivity contribution in [3.8, 4) is 5.75 Å². The first-order chi connectivity index (χ1) is 8.93. The van der Waals surface area contributed by atoms with E-state index < -0.39 is 6.10 Å². The van der Waals surface area contributed by atoms with Crippen molar-refractivity contribution >= 4 is 17.5 Å². The number of nitrogens with one attached hydrogen (secondary N) is 1. The fourth-order valence-electron chi connectivity index (χ4n) is 1.55. The van der Waals surface area contributed by atoms with Crippen LogP contribution in [-0.4, -0.2) is 29.8 Å². The van der Waals surface area contributed by atoms with E-state index in [9.17, 15) is 4.79 Å². The van der Waals surface area contributed by atoms with Crippen LogP contribution in [0.3, 0.4) is 0 Å². The average Bonchev–Trinajstić information content (AvgIpc) is 2.35. The van der Waals surface area contributed by atoms with E-state index in [-0.39, 0.29) is 24.5 Å². The van der Waals surface area contributed by atoms with Gasteiger partial charge in [0.1, 0.15) is 5.75 Å². The van der Waals surface area contributed by atoms with Crippen molar-refractivity contribution in [1.82, 2.24) is 5.32 Å². The summed E-state index contributed by atoms with van der Waals surface area (Å²) in [6.07, 6.45) is -0.618. The van der Waals surface area contributed by atoms with Crippen LogP contribution in [0.15, 0.2) is 24.3 Å². The van der Waals surface area contributed by atoms with Gasteiger partial charge in [-0.3, -0.25) is 4.79 Å². The molecule has 0 spiro atoms. The summed E-state index contributed by atoms with van der Waals surface area (Å²) in [5.74, 6) is 0.319. The molecule has 2 atom stereocenters. The molecule has 1 rings (SSSR count). The van der Waals surface area contributed by atoms with Crippen molar-refractivity contribution in [2.45, 2.75) is 32.9 Å². The van der Waals surface area contributed by atoms with Gasteiger partial charge in [-0.15, -0.1) is 0 Å². The molecule has 4 nitrogen and oxygen atoms in total. The minimum atomic E-state index is -0.618. The van der Waals surface area contributed by atoms with Gasteiger partial charge in [-0.05, 0) is 31.0 Å². The SMILES string of the molecule is CC(C)[C@@H](Oc1cccc(Cl)c1)C(=O)N[C@H](C)CO. The normalized spacial score (nSPS) is 14.0. The maximum absolute atomic E-state index is 12.1. The highest BCUT2D eigenvalue weighted by atomic mass is 35.5. The number of hydrogen-bond acceptors (Lipinski definition) is 3. The van der Waals surface area contributed by atoms with Crippen LogP contribution in [0, 0.1) is 5.92 Å². The maximum atomic E-state index is 12.1. The lowest BCUT2D eigenvalue weighted by molar-refractivity contribution is -0.130. The third kappa shape index (κ3) is 5.09. The quantitative estimate of drug-likeness (QED) is 0.843. The Bertz CT molecular complexity index is 423. The lowest BCUT2D eigenvalue weighted by Gasteiger charge is -2.23. The van der Waals surface area contributed by atoms with Gasteiger partial charge in [-0.2, -0.15) is 0 Å². The molecule has 0 aliphatic carbocycles. The van der Waals surface area contributed by atoms with Gasteiger partial charge in [0.05, 0.1) is 6.61 Å². The number of halogens is 1. The second-order valence-electron chi connectivity index (χ2n) is 4.83. The van der Waals surface area contributed by atoms with Crippen LogP contribution in [0.5, 0.6) is 5.75 Å². The van der Waals surface area contributed by atoms with Crippen molar-refractivity contribution in [2.24, 2.45) is 5.92 Å². The molecule has 0 saturated carbocycles. The molecule has 0 fully saturated rings. The number of carbonyl (C=O) groups excluding carboxylic acids is 1. The lowest BCUT2D eigenvalue weighted by atomic mass is 10.1. The molecule has 19 heavy (non-hydrogen) atoms. The molecule has 0 aliphatic rings. The van der Waals surface area contributed by atoms with E-state index in [0.717, 1.165) is 0 Å².